The van der Waals surface area contributed by atoms with E-state index in [1.807, 2.05) is 6.92 Å². The Morgan fingerprint density at radius 2 is 1.71 bits per heavy atom. The number of ether oxygens (including phenoxy) is 4. The summed E-state index contributed by atoms with van der Waals surface area (Å²) >= 11 is 0. The second-order valence-electron chi connectivity index (χ2n) is 11.1. The highest BCUT2D eigenvalue weighted by Gasteiger charge is 2.67. The molecule has 1 N–H and O–H groups in total. The van der Waals surface area contributed by atoms with Crippen molar-refractivity contribution in [1.82, 2.24) is 0 Å². The molecule has 3 aliphatic rings. The molecule has 8 heteroatoms. The van der Waals surface area contributed by atoms with Crippen LogP contribution in [0, 0.1) is 23.7 Å². The second-order valence-corrected chi connectivity index (χ2v) is 11.1. The largest absolute Gasteiger partial charge is 0.458 e. The molecule has 0 aromatic carbocycles. The van der Waals surface area contributed by atoms with Gasteiger partial charge in [-0.2, -0.15) is 0 Å². The summed E-state index contributed by atoms with van der Waals surface area (Å²) in [5.74, 6) is -1.53. The summed E-state index contributed by atoms with van der Waals surface area (Å²) in [5.41, 5.74) is -1.67. The summed E-state index contributed by atoms with van der Waals surface area (Å²) in [7, 11) is 0. The molecule has 34 heavy (non-hydrogen) atoms. The first-order valence-electron chi connectivity index (χ1n) is 12.3. The van der Waals surface area contributed by atoms with Gasteiger partial charge in [-0.25, -0.2) is 0 Å². The van der Waals surface area contributed by atoms with Gasteiger partial charge in [0, 0.05) is 32.6 Å². The van der Waals surface area contributed by atoms with Gasteiger partial charge in [-0.05, 0) is 56.9 Å². The molecule has 192 valence electrons. The lowest BCUT2D eigenvalue weighted by atomic mass is 9.56. The Morgan fingerprint density at radius 3 is 2.24 bits per heavy atom. The van der Waals surface area contributed by atoms with E-state index in [0.717, 1.165) is 0 Å². The molecule has 1 saturated carbocycles. The highest BCUT2D eigenvalue weighted by Crippen LogP contribution is 2.58. The molecule has 2 heterocycles. The van der Waals surface area contributed by atoms with Gasteiger partial charge in [0.1, 0.15) is 12.2 Å². The van der Waals surface area contributed by atoms with Crippen LogP contribution in [-0.2, 0) is 33.3 Å². The molecule has 0 amide bonds. The van der Waals surface area contributed by atoms with Crippen molar-refractivity contribution < 1.29 is 38.4 Å². The highest BCUT2D eigenvalue weighted by atomic mass is 16.6. The maximum absolute atomic E-state index is 12.3. The molecule has 1 aliphatic carbocycles. The minimum absolute atomic E-state index is 0.0661. The van der Waals surface area contributed by atoms with Crippen molar-refractivity contribution in [2.24, 2.45) is 23.7 Å². The lowest BCUT2D eigenvalue weighted by molar-refractivity contribution is -0.215. The van der Waals surface area contributed by atoms with Crippen molar-refractivity contribution in [2.75, 3.05) is 0 Å². The first kappa shape index (κ1) is 26.7. The molecular weight excluding hydrogens is 440 g/mol. The van der Waals surface area contributed by atoms with Gasteiger partial charge in [-0.15, -0.1) is 0 Å². The maximum atomic E-state index is 12.3. The van der Waals surface area contributed by atoms with Crippen molar-refractivity contribution in [1.29, 1.82) is 0 Å². The summed E-state index contributed by atoms with van der Waals surface area (Å²) in [5, 5.41) is 11.6. The minimum Gasteiger partial charge on any atom is -0.458 e. The molecule has 0 aromatic rings. The Labute approximate surface area is 202 Å². The Kier molecular flexibility index (Phi) is 7.54. The van der Waals surface area contributed by atoms with Crippen LogP contribution in [0.5, 0.6) is 0 Å². The van der Waals surface area contributed by atoms with E-state index < -0.39 is 53.5 Å². The molecule has 0 spiro atoms. The molecule has 2 saturated heterocycles. The summed E-state index contributed by atoms with van der Waals surface area (Å²) in [6.45, 7) is 16.0. The number of esters is 3. The molecular formula is C26H40O8. The van der Waals surface area contributed by atoms with Gasteiger partial charge < -0.3 is 24.1 Å². The summed E-state index contributed by atoms with van der Waals surface area (Å²) < 4.78 is 23.8. The SMILES string of the molecule is C=C1CC2OC(C3C(C(C)C)CC(OC(C)=O)C(C)(OC(C)=O)C23)C(C)(O)CCC1OC(C)=O. The topological polar surface area (TPSA) is 108 Å². The van der Waals surface area contributed by atoms with Crippen LogP contribution >= 0.6 is 0 Å². The first-order chi connectivity index (χ1) is 15.7. The number of hydrogen-bond donors (Lipinski definition) is 1. The fraction of sp³-hybridized carbons (Fsp3) is 0.808. The lowest BCUT2D eigenvalue weighted by Gasteiger charge is -2.53. The molecule has 8 nitrogen and oxygen atoms in total. The Balaban J connectivity index is 2.13. The van der Waals surface area contributed by atoms with Gasteiger partial charge in [-0.1, -0.05) is 20.4 Å². The van der Waals surface area contributed by atoms with Crippen molar-refractivity contribution in [2.45, 2.75) is 110 Å². The molecule has 3 rings (SSSR count). The fourth-order valence-corrected chi connectivity index (χ4v) is 6.66. The summed E-state index contributed by atoms with van der Waals surface area (Å²) in [6, 6.07) is 0. The molecule has 9 atom stereocenters. The van der Waals surface area contributed by atoms with E-state index in [0.29, 0.717) is 31.3 Å². The smallest absolute Gasteiger partial charge is 0.303 e. The van der Waals surface area contributed by atoms with Gasteiger partial charge in [0.05, 0.1) is 17.8 Å². The fourth-order valence-electron chi connectivity index (χ4n) is 6.66. The molecule has 9 unspecified atom stereocenters. The molecule has 0 radical (unpaired) electrons. The molecule has 3 fully saturated rings. The zero-order valence-electron chi connectivity index (χ0n) is 21.5. The van der Waals surface area contributed by atoms with Gasteiger partial charge in [0.15, 0.2) is 5.60 Å². The van der Waals surface area contributed by atoms with E-state index in [9.17, 15) is 19.5 Å². The quantitative estimate of drug-likeness (QED) is 0.371. The third kappa shape index (κ3) is 5.03. The Morgan fingerprint density at radius 1 is 1.09 bits per heavy atom. The number of hydrogen-bond acceptors (Lipinski definition) is 8. The number of carbonyl (C=O) groups excluding carboxylic acids is 3. The maximum Gasteiger partial charge on any atom is 0.303 e. The standard InChI is InChI=1S/C26H40O8/c1-13(2)18-12-21(32-16(5)28)26(8,34-17(6)29)23-20-11-14(3)19(31-15(4)27)9-10-25(7,30)24(33-20)22(18)23/h13,18-24,30H,3,9-12H2,1-2,4-8H3. The normalized spacial score (nSPS) is 42.1. The number of rotatable bonds is 4. The van der Waals surface area contributed by atoms with Crippen LogP contribution in [-0.4, -0.2) is 58.6 Å². The van der Waals surface area contributed by atoms with Crippen LogP contribution in [0.2, 0.25) is 0 Å². The van der Waals surface area contributed by atoms with E-state index in [1.165, 1.54) is 20.8 Å². The van der Waals surface area contributed by atoms with Crippen LogP contribution in [0.4, 0.5) is 0 Å². The zero-order chi connectivity index (χ0) is 25.6. The number of fused-ring (bicyclic) bond motifs is 5. The predicted octanol–water partition coefficient (Wildman–Crippen LogP) is 3.34. The predicted molar refractivity (Wildman–Crippen MR) is 123 cm³/mol. The third-order valence-corrected chi connectivity index (χ3v) is 8.05. The van der Waals surface area contributed by atoms with Crippen molar-refractivity contribution in [3.05, 3.63) is 12.2 Å². The summed E-state index contributed by atoms with van der Waals surface area (Å²) in [4.78, 5) is 36.0. The number of aliphatic hydroxyl groups is 1. The number of carbonyl (C=O) groups is 3. The van der Waals surface area contributed by atoms with Crippen LogP contribution in [0.25, 0.3) is 0 Å². The van der Waals surface area contributed by atoms with Crippen molar-refractivity contribution in [3.8, 4) is 0 Å². The minimum atomic E-state index is -1.21. The van der Waals surface area contributed by atoms with Gasteiger partial charge >= 0.3 is 17.9 Å². The average molecular weight is 481 g/mol. The Bertz CT molecular complexity index is 833. The van der Waals surface area contributed by atoms with Crippen molar-refractivity contribution in [3.63, 3.8) is 0 Å². The van der Waals surface area contributed by atoms with Crippen molar-refractivity contribution >= 4 is 17.9 Å². The van der Waals surface area contributed by atoms with Crippen LogP contribution in [0.3, 0.4) is 0 Å². The lowest BCUT2D eigenvalue weighted by Crippen LogP contribution is -2.62. The third-order valence-electron chi connectivity index (χ3n) is 8.05. The monoisotopic (exact) mass is 480 g/mol. The van der Waals surface area contributed by atoms with E-state index in [1.54, 1.807) is 6.92 Å². The average Bonchev–Trinajstić information content (AvgIpc) is 3.07. The van der Waals surface area contributed by atoms with Gasteiger partial charge in [-0.3, -0.25) is 14.4 Å². The van der Waals surface area contributed by atoms with Gasteiger partial charge in [0.25, 0.3) is 0 Å². The van der Waals surface area contributed by atoms with Crippen LogP contribution in [0.1, 0.15) is 74.1 Å². The first-order valence-corrected chi connectivity index (χ1v) is 12.3. The molecule has 0 aromatic heterocycles. The zero-order valence-corrected chi connectivity index (χ0v) is 21.5. The Hall–Kier alpha value is -1.93. The van der Waals surface area contributed by atoms with E-state index in [2.05, 4.69) is 20.4 Å². The second kappa shape index (κ2) is 9.61. The van der Waals surface area contributed by atoms with Gasteiger partial charge in [0.2, 0.25) is 0 Å². The summed E-state index contributed by atoms with van der Waals surface area (Å²) in [6.07, 6.45) is -0.508. The van der Waals surface area contributed by atoms with E-state index in [4.69, 9.17) is 18.9 Å². The van der Waals surface area contributed by atoms with Crippen LogP contribution < -0.4 is 0 Å². The van der Waals surface area contributed by atoms with E-state index >= 15 is 0 Å². The molecule has 2 bridgehead atoms. The molecule has 2 aliphatic heterocycles. The van der Waals surface area contributed by atoms with Crippen LogP contribution in [0.15, 0.2) is 12.2 Å². The van der Waals surface area contributed by atoms with E-state index in [-0.39, 0.29) is 23.7 Å². The highest BCUT2D eigenvalue weighted by molar-refractivity contribution is 5.68.